The summed E-state index contributed by atoms with van der Waals surface area (Å²) in [5, 5.41) is 162. The van der Waals surface area contributed by atoms with Crippen LogP contribution < -0.4 is 37.2 Å². The minimum absolute atomic E-state index is 0.0250. The van der Waals surface area contributed by atoms with E-state index in [0.29, 0.717) is 25.7 Å². The quantitative estimate of drug-likeness (QED) is 0.0277. The second-order valence-electron chi connectivity index (χ2n) is 18.2. The van der Waals surface area contributed by atoms with E-state index in [4.69, 9.17) is 40.9 Å². The van der Waals surface area contributed by atoms with Crippen LogP contribution in [0.25, 0.3) is 0 Å². The summed E-state index contributed by atoms with van der Waals surface area (Å²) < 4.78 is 0. The van der Waals surface area contributed by atoms with Gasteiger partial charge in [0.1, 0.15) is 42.4 Å². The lowest BCUT2D eigenvalue weighted by Gasteiger charge is -2.25. The van der Waals surface area contributed by atoms with Crippen molar-refractivity contribution in [3.8, 4) is 0 Å². The molecule has 34 heteroatoms. The molecule has 34 nitrogen and oxygen atoms in total. The van der Waals surface area contributed by atoms with Crippen LogP contribution in [-0.2, 0) is 52.7 Å². The summed E-state index contributed by atoms with van der Waals surface area (Å²) in [6, 6.07) is 0. The molecule has 23 N–H and O–H groups in total. The molecule has 0 saturated carbocycles. The zero-order valence-corrected chi connectivity index (χ0v) is 47.1. The summed E-state index contributed by atoms with van der Waals surface area (Å²) in [5.41, 5.74) is 0. The molecule has 478 valence electrons. The summed E-state index contributed by atoms with van der Waals surface area (Å²) in [6.07, 6.45) is -20.4. The average molecular weight is 1200 g/mol. The summed E-state index contributed by atoms with van der Waals surface area (Å²) in [5.74, 6) is -9.69. The molecule has 0 fully saturated rings. The summed E-state index contributed by atoms with van der Waals surface area (Å²) >= 11 is 0. The highest BCUT2D eigenvalue weighted by molar-refractivity contribution is 5.87. The molecule has 0 aliphatic heterocycles. The third kappa shape index (κ3) is 35.0. The van der Waals surface area contributed by atoms with Crippen molar-refractivity contribution in [2.45, 2.75) is 159 Å². The standard InChI is InChI=1S/2C13H24N2O8.C12H23NO6.C10H18N2O5/c2*1-3-6(12(21)14-2)4-8(17)15-5-7(16)9(18)10(19)11(20)13(22)23;1-3-8(7(2)15)4-11(18)13-5-9(16)12(19)10(17)6-14;1-3-6(9(15)11-2)4-8(14)12-5-7(13)10(16)17/h2*6-7,9-11,16,18-20H,3-5H2,1-2H3,(H,14,21)(H,15,17)(H,22,23);8-10,12,14,16-17,19H,3-6H2,1-2H3,(H,13,18);6-7,13H,3-5H2,1-2H3,(H,11,15)(H,12,14)(H,16,17)/t6-,7-,9+,10-,11-;;8-,9-,10-,12+;/m0.1./s1. The van der Waals surface area contributed by atoms with Crippen molar-refractivity contribution in [1.29, 1.82) is 0 Å². The SMILES string of the molecule is CCC(CC(=O)NCC(O)C(=O)O)C(=O)NC.CCC(CC(=O)NCC(O)C(O)C(O)C(O)C(=O)O)C(=O)NC.CC[C@@H](CC(=O)NC[C@H](O)[C@@H](O)[C@H](O)[C@H](O)C(=O)O)C(=O)NC.CC[C@H](CC(=O)NC[C@@H](O)[C@H](O)[C@H](O)CO)C(C)=O. The van der Waals surface area contributed by atoms with Crippen molar-refractivity contribution in [3.63, 3.8) is 0 Å². The fraction of sp³-hybridized carbons (Fsp3) is 0.771. The van der Waals surface area contributed by atoms with Crippen molar-refractivity contribution in [3.05, 3.63) is 0 Å². The molecule has 7 amide bonds. The second kappa shape index (κ2) is 45.4. The first-order valence-corrected chi connectivity index (χ1v) is 25.7. The summed E-state index contributed by atoms with van der Waals surface area (Å²) in [4.78, 5) is 123. The van der Waals surface area contributed by atoms with Crippen molar-refractivity contribution in [1.82, 2.24) is 37.2 Å². The van der Waals surface area contributed by atoms with Crippen LogP contribution in [0.15, 0.2) is 0 Å². The van der Waals surface area contributed by atoms with Gasteiger partial charge in [0.05, 0.1) is 31.5 Å². The molecular formula is C48H89N7O27. The number of Topliss-reactive ketones (excluding diaryl/α,β-unsaturated/α-hetero) is 1. The number of carbonyl (C=O) groups excluding carboxylic acids is 8. The normalized spacial score (nSPS) is 16.6. The van der Waals surface area contributed by atoms with Gasteiger partial charge in [-0.15, -0.1) is 0 Å². The van der Waals surface area contributed by atoms with E-state index in [0.717, 1.165) is 0 Å². The molecule has 16 atom stereocenters. The molecule has 0 aromatic heterocycles. The molecule has 0 bridgehead atoms. The van der Waals surface area contributed by atoms with Gasteiger partial charge in [-0.3, -0.25) is 38.4 Å². The maximum Gasteiger partial charge on any atom is 0.335 e. The highest BCUT2D eigenvalue weighted by atomic mass is 16.4. The van der Waals surface area contributed by atoms with Crippen LogP contribution in [0.5, 0.6) is 0 Å². The molecule has 0 saturated heterocycles. The van der Waals surface area contributed by atoms with Gasteiger partial charge >= 0.3 is 17.9 Å². The van der Waals surface area contributed by atoms with E-state index in [2.05, 4.69) is 37.2 Å². The van der Waals surface area contributed by atoms with Crippen molar-refractivity contribution in [2.75, 3.05) is 53.9 Å². The highest BCUT2D eigenvalue weighted by Gasteiger charge is 2.36. The number of carboxylic acid groups (broad SMARTS) is 3. The van der Waals surface area contributed by atoms with Crippen molar-refractivity contribution in [2.24, 2.45) is 23.7 Å². The number of rotatable bonds is 36. The maximum absolute atomic E-state index is 11.7. The molecule has 0 aromatic rings. The Morgan fingerprint density at radius 2 is 0.610 bits per heavy atom. The van der Waals surface area contributed by atoms with Crippen LogP contribution in [0.3, 0.4) is 0 Å². The molecular weight excluding hydrogens is 1110 g/mol. The number of aliphatic hydroxyl groups is 13. The van der Waals surface area contributed by atoms with Crippen LogP contribution >= 0.6 is 0 Å². The number of hydrogen-bond acceptors (Lipinski definition) is 24. The number of amides is 7. The number of ketones is 1. The van der Waals surface area contributed by atoms with Gasteiger partial charge in [0.2, 0.25) is 41.4 Å². The van der Waals surface area contributed by atoms with E-state index in [1.807, 2.05) is 0 Å². The molecule has 7 unspecified atom stereocenters. The Morgan fingerprint density at radius 1 is 0.354 bits per heavy atom. The zero-order chi connectivity index (χ0) is 64.7. The van der Waals surface area contributed by atoms with Crippen molar-refractivity contribution >= 4 is 65.0 Å². The Balaban J connectivity index is -0.000000498. The Morgan fingerprint density at radius 3 is 0.829 bits per heavy atom. The molecule has 0 radical (unpaired) electrons. The molecule has 0 heterocycles. The third-order valence-corrected chi connectivity index (χ3v) is 12.0. The first kappa shape index (κ1) is 82.3. The Bertz CT molecular complexity index is 1880. The van der Waals surface area contributed by atoms with Crippen molar-refractivity contribution < 1.29 is 134 Å². The van der Waals surface area contributed by atoms with Gasteiger partial charge in [-0.2, -0.15) is 0 Å². The van der Waals surface area contributed by atoms with E-state index in [1.165, 1.54) is 28.1 Å². The van der Waals surface area contributed by atoms with Crippen LogP contribution in [0.1, 0.15) is 86.0 Å². The second-order valence-corrected chi connectivity index (χ2v) is 18.2. The molecule has 82 heavy (non-hydrogen) atoms. The average Bonchev–Trinajstić information content (AvgIpc) is 3.45. The fourth-order valence-corrected chi connectivity index (χ4v) is 6.44. The topological polar surface area (TPSA) is 596 Å². The number of nitrogens with one attached hydrogen (secondary N) is 7. The lowest BCUT2D eigenvalue weighted by Crippen LogP contribution is -2.51. The zero-order valence-electron chi connectivity index (χ0n) is 47.1. The lowest BCUT2D eigenvalue weighted by molar-refractivity contribution is -0.163. The molecule has 0 aromatic carbocycles. The minimum atomic E-state index is -2.27. The summed E-state index contributed by atoms with van der Waals surface area (Å²) in [6.45, 7) is 6.19. The van der Waals surface area contributed by atoms with Gasteiger partial charge in [0.25, 0.3) is 0 Å². The van der Waals surface area contributed by atoms with Crippen LogP contribution in [0, 0.1) is 23.7 Å². The number of aliphatic carboxylic acids is 3. The number of carboxylic acids is 3. The fourth-order valence-electron chi connectivity index (χ4n) is 6.44. The Hall–Kier alpha value is -6.15. The van der Waals surface area contributed by atoms with Crippen LogP contribution in [-0.4, -0.2) is 274 Å². The predicted molar refractivity (Wildman–Crippen MR) is 281 cm³/mol. The summed E-state index contributed by atoms with van der Waals surface area (Å²) in [7, 11) is 4.37. The minimum Gasteiger partial charge on any atom is -0.479 e. The monoisotopic (exact) mass is 1200 g/mol. The molecule has 0 spiro atoms. The van der Waals surface area contributed by atoms with Gasteiger partial charge < -0.3 is 119 Å². The predicted octanol–water partition coefficient (Wildman–Crippen LogP) is -9.52. The first-order valence-electron chi connectivity index (χ1n) is 25.7. The smallest absolute Gasteiger partial charge is 0.335 e. The third-order valence-electron chi connectivity index (χ3n) is 12.0. The van der Waals surface area contributed by atoms with Gasteiger partial charge in [-0.1, -0.05) is 27.7 Å². The van der Waals surface area contributed by atoms with E-state index >= 15 is 0 Å². The first-order chi connectivity index (χ1) is 38.0. The van der Waals surface area contributed by atoms with Crippen LogP contribution in [0.2, 0.25) is 0 Å². The molecule has 0 aliphatic rings. The van der Waals surface area contributed by atoms with Crippen LogP contribution in [0.4, 0.5) is 0 Å². The Labute approximate surface area is 472 Å². The van der Waals surface area contributed by atoms with Gasteiger partial charge in [-0.25, -0.2) is 14.4 Å². The number of aliphatic hydroxyl groups excluding tert-OH is 13. The maximum atomic E-state index is 11.7. The van der Waals surface area contributed by atoms with Gasteiger partial charge in [0, 0.05) is 90.1 Å². The van der Waals surface area contributed by atoms with E-state index < -0.39 is 152 Å². The highest BCUT2D eigenvalue weighted by Crippen LogP contribution is 2.13. The van der Waals surface area contributed by atoms with Gasteiger partial charge in [0.15, 0.2) is 18.3 Å². The van der Waals surface area contributed by atoms with E-state index in [1.54, 1.807) is 27.7 Å². The van der Waals surface area contributed by atoms with Gasteiger partial charge in [-0.05, 0) is 32.6 Å². The lowest BCUT2D eigenvalue weighted by atomic mass is 9.98. The molecule has 0 rings (SSSR count). The van der Waals surface area contributed by atoms with E-state index in [9.17, 15) is 93.6 Å². The largest absolute Gasteiger partial charge is 0.479 e. The van der Waals surface area contributed by atoms with E-state index in [-0.39, 0.29) is 68.2 Å². The number of carbonyl (C=O) groups is 11. The number of hydrogen-bond donors (Lipinski definition) is 23. The molecule has 0 aliphatic carbocycles. The Kier molecular flexibility index (Phi) is 45.6.